The SMILES string of the molecule is C[N+](C)(C)C=C=C(c1ccccc1)c1ccccc1.F[B-](F)(F)F. The molecule has 0 atom stereocenters. The van der Waals surface area contributed by atoms with Crippen molar-refractivity contribution in [1.82, 2.24) is 0 Å². The monoisotopic (exact) mass is 337 g/mol. The van der Waals surface area contributed by atoms with E-state index < -0.39 is 7.25 Å². The molecule has 0 spiro atoms. The van der Waals surface area contributed by atoms with Crippen molar-refractivity contribution in [3.8, 4) is 0 Å². The molecule has 0 aromatic heterocycles. The van der Waals surface area contributed by atoms with Crippen molar-refractivity contribution < 1.29 is 21.7 Å². The van der Waals surface area contributed by atoms with Crippen molar-refractivity contribution in [3.05, 3.63) is 83.7 Å². The second-order valence-electron chi connectivity index (χ2n) is 5.99. The number of hydrogen-bond donors (Lipinski definition) is 0. The third-order valence-electron chi connectivity index (χ3n) is 2.72. The van der Waals surface area contributed by atoms with Crippen molar-refractivity contribution in [2.75, 3.05) is 21.1 Å². The highest BCUT2D eigenvalue weighted by Crippen LogP contribution is 2.21. The summed E-state index contributed by atoms with van der Waals surface area (Å²) in [6, 6.07) is 20.8. The number of nitrogens with zero attached hydrogens (tertiary/aromatic N) is 1. The van der Waals surface area contributed by atoms with Crippen LogP contribution in [0.15, 0.2) is 72.6 Å². The van der Waals surface area contributed by atoms with Gasteiger partial charge in [-0.2, -0.15) is 0 Å². The van der Waals surface area contributed by atoms with Crippen LogP contribution in [0.3, 0.4) is 0 Å². The minimum absolute atomic E-state index is 0.753. The van der Waals surface area contributed by atoms with Crippen LogP contribution < -0.4 is 0 Å². The van der Waals surface area contributed by atoms with E-state index in [1.807, 2.05) is 12.1 Å². The molecule has 0 saturated heterocycles. The maximum atomic E-state index is 9.75. The Morgan fingerprint density at radius 3 is 1.42 bits per heavy atom. The Labute approximate surface area is 140 Å². The van der Waals surface area contributed by atoms with Crippen molar-refractivity contribution in [3.63, 3.8) is 0 Å². The highest BCUT2D eigenvalue weighted by Gasteiger charge is 2.20. The Bertz CT molecular complexity index is 635. The van der Waals surface area contributed by atoms with Gasteiger partial charge in [0.15, 0.2) is 0 Å². The average molecular weight is 337 g/mol. The Balaban J connectivity index is 0.000000505. The maximum Gasteiger partial charge on any atom is 0.673 e. The zero-order chi connectivity index (χ0) is 18.2. The van der Waals surface area contributed by atoms with Crippen molar-refractivity contribution in [2.24, 2.45) is 0 Å². The molecule has 0 aliphatic carbocycles. The number of hydrogen-bond acceptors (Lipinski definition) is 0. The topological polar surface area (TPSA) is 0 Å². The molecule has 6 heteroatoms. The summed E-state index contributed by atoms with van der Waals surface area (Å²) in [4.78, 5) is 0. The predicted molar refractivity (Wildman–Crippen MR) is 91.7 cm³/mol. The summed E-state index contributed by atoms with van der Waals surface area (Å²) in [6.07, 6.45) is 2.08. The van der Waals surface area contributed by atoms with E-state index in [1.165, 1.54) is 11.1 Å². The molecular formula is C18H20BF4N. The Morgan fingerprint density at radius 1 is 0.792 bits per heavy atom. The van der Waals surface area contributed by atoms with E-state index in [0.29, 0.717) is 0 Å². The van der Waals surface area contributed by atoms with Crippen LogP contribution in [0.2, 0.25) is 0 Å². The first-order chi connectivity index (χ1) is 11.1. The maximum absolute atomic E-state index is 9.75. The number of quaternary nitrogens is 1. The fraction of sp³-hybridized carbons (Fsp3) is 0.167. The third-order valence-corrected chi connectivity index (χ3v) is 2.72. The van der Waals surface area contributed by atoms with Gasteiger partial charge in [0.05, 0.1) is 21.1 Å². The standard InChI is InChI=1S/C18H20N.BF4/c1-19(2,3)15-14-18(16-10-6-4-7-11-16)17-12-8-5-9-13-17;2-1(3,4)5/h4-13,15H,1-3H3;/q+1;-1. The summed E-state index contributed by atoms with van der Waals surface area (Å²) in [6.45, 7) is 0. The largest absolute Gasteiger partial charge is 0.673 e. The average Bonchev–Trinajstić information content (AvgIpc) is 2.47. The first-order valence-corrected chi connectivity index (χ1v) is 7.33. The lowest BCUT2D eigenvalue weighted by Gasteiger charge is -2.16. The molecule has 2 aromatic rings. The van der Waals surface area contributed by atoms with Gasteiger partial charge in [-0.05, 0) is 11.1 Å². The van der Waals surface area contributed by atoms with E-state index in [4.69, 9.17) is 0 Å². The minimum atomic E-state index is -6.00. The number of rotatable bonds is 3. The molecule has 0 unspecified atom stereocenters. The van der Waals surface area contributed by atoms with Crippen LogP contribution >= 0.6 is 0 Å². The molecule has 0 heterocycles. The molecule has 0 fully saturated rings. The molecule has 2 rings (SSSR count). The lowest BCUT2D eigenvalue weighted by Crippen LogP contribution is -2.26. The molecule has 2 aromatic carbocycles. The van der Waals surface area contributed by atoms with E-state index in [1.54, 1.807) is 0 Å². The second-order valence-corrected chi connectivity index (χ2v) is 5.99. The Hall–Kier alpha value is -2.30. The fourth-order valence-corrected chi connectivity index (χ4v) is 1.80. The molecular weight excluding hydrogens is 317 g/mol. The normalized spacial score (nSPS) is 11.0. The van der Waals surface area contributed by atoms with E-state index in [2.05, 4.69) is 81.6 Å². The van der Waals surface area contributed by atoms with Gasteiger partial charge in [0.25, 0.3) is 0 Å². The highest BCUT2D eigenvalue weighted by molar-refractivity contribution is 6.50. The van der Waals surface area contributed by atoms with Crippen LogP contribution in [0, 0.1) is 0 Å². The van der Waals surface area contributed by atoms with Gasteiger partial charge in [0.1, 0.15) is 6.20 Å². The highest BCUT2D eigenvalue weighted by atomic mass is 19.5. The molecule has 1 nitrogen and oxygen atoms in total. The molecule has 0 saturated carbocycles. The third kappa shape index (κ3) is 8.98. The molecule has 0 N–H and O–H groups in total. The van der Waals surface area contributed by atoms with Crippen LogP contribution in [-0.4, -0.2) is 32.9 Å². The Kier molecular flexibility index (Phi) is 7.02. The van der Waals surface area contributed by atoms with Crippen LogP contribution in [0.1, 0.15) is 11.1 Å². The van der Waals surface area contributed by atoms with Crippen molar-refractivity contribution in [1.29, 1.82) is 0 Å². The molecule has 0 bridgehead atoms. The van der Waals surface area contributed by atoms with Crippen molar-refractivity contribution >= 4 is 12.8 Å². The summed E-state index contributed by atoms with van der Waals surface area (Å²) in [5.74, 6) is 0. The van der Waals surface area contributed by atoms with Gasteiger partial charge in [-0.25, -0.2) is 0 Å². The summed E-state index contributed by atoms with van der Waals surface area (Å²) in [5, 5.41) is 0. The zero-order valence-corrected chi connectivity index (χ0v) is 13.9. The van der Waals surface area contributed by atoms with Gasteiger partial charge in [-0.15, -0.1) is 0 Å². The van der Waals surface area contributed by atoms with E-state index in [-0.39, 0.29) is 0 Å². The van der Waals surface area contributed by atoms with Gasteiger partial charge >= 0.3 is 7.25 Å². The van der Waals surface area contributed by atoms with Crippen molar-refractivity contribution in [2.45, 2.75) is 0 Å². The van der Waals surface area contributed by atoms with Crippen LogP contribution in [-0.2, 0) is 0 Å². The molecule has 24 heavy (non-hydrogen) atoms. The van der Waals surface area contributed by atoms with Gasteiger partial charge < -0.3 is 17.3 Å². The first-order valence-electron chi connectivity index (χ1n) is 7.33. The molecule has 0 amide bonds. The van der Waals surface area contributed by atoms with Gasteiger partial charge in [0, 0.05) is 5.57 Å². The first kappa shape index (κ1) is 19.8. The van der Waals surface area contributed by atoms with Gasteiger partial charge in [-0.3, -0.25) is 4.48 Å². The molecule has 128 valence electrons. The van der Waals surface area contributed by atoms with Crippen LogP contribution in [0.5, 0.6) is 0 Å². The van der Waals surface area contributed by atoms with E-state index in [9.17, 15) is 17.3 Å². The summed E-state index contributed by atoms with van der Waals surface area (Å²) in [7, 11) is 0.377. The lowest BCUT2D eigenvalue weighted by molar-refractivity contribution is -0.817. The zero-order valence-electron chi connectivity index (χ0n) is 13.9. The summed E-state index contributed by atoms with van der Waals surface area (Å²) in [5.41, 5.74) is 6.98. The fourth-order valence-electron chi connectivity index (χ4n) is 1.80. The lowest BCUT2D eigenvalue weighted by atomic mass is 9.99. The van der Waals surface area contributed by atoms with Crippen LogP contribution in [0.25, 0.3) is 5.57 Å². The van der Waals surface area contributed by atoms with Crippen LogP contribution in [0.4, 0.5) is 17.3 Å². The predicted octanol–water partition coefficient (Wildman–Crippen LogP) is 5.24. The van der Waals surface area contributed by atoms with E-state index in [0.717, 1.165) is 10.1 Å². The molecule has 0 aliphatic rings. The number of halogens is 4. The molecule has 0 aliphatic heterocycles. The second kappa shape index (κ2) is 8.53. The minimum Gasteiger partial charge on any atom is -0.418 e. The number of benzene rings is 2. The van der Waals surface area contributed by atoms with E-state index >= 15 is 0 Å². The smallest absolute Gasteiger partial charge is 0.418 e. The Morgan fingerprint density at radius 2 is 1.12 bits per heavy atom. The summed E-state index contributed by atoms with van der Waals surface area (Å²) < 4.78 is 39.8. The van der Waals surface area contributed by atoms with Gasteiger partial charge in [-0.1, -0.05) is 66.4 Å². The quantitative estimate of drug-likeness (QED) is 0.311. The molecule has 0 radical (unpaired) electrons. The van der Waals surface area contributed by atoms with Gasteiger partial charge in [0.2, 0.25) is 0 Å². The summed E-state index contributed by atoms with van der Waals surface area (Å²) >= 11 is 0.